The minimum absolute atomic E-state index is 0.872. The van der Waals surface area contributed by atoms with Crippen molar-refractivity contribution in [3.8, 4) is 0 Å². The molecule has 1 fully saturated rings. The quantitative estimate of drug-likeness (QED) is 0.625. The van der Waals surface area contributed by atoms with Crippen molar-refractivity contribution in [2.24, 2.45) is 0 Å². The Balaban J connectivity index is 2.30. The van der Waals surface area contributed by atoms with E-state index < -0.39 is 0 Å². The Labute approximate surface area is 72.4 Å². The normalized spacial score (nSPS) is 16.0. The Hall–Kier alpha value is -1.12. The molecule has 0 aromatic carbocycles. The lowest BCUT2D eigenvalue weighted by molar-refractivity contribution is 0.607. The number of nitrogens with zero attached hydrogens (tertiary/aromatic N) is 3. The van der Waals surface area contributed by atoms with Crippen molar-refractivity contribution in [2.75, 3.05) is 18.0 Å². The van der Waals surface area contributed by atoms with Gasteiger partial charge in [-0.05, 0) is 20.3 Å². The van der Waals surface area contributed by atoms with Gasteiger partial charge in [-0.1, -0.05) is 0 Å². The average Bonchev–Trinajstić information content (AvgIpc) is 1.79. The van der Waals surface area contributed by atoms with Crippen LogP contribution in [0.3, 0.4) is 0 Å². The largest absolute Gasteiger partial charge is 0.356 e. The van der Waals surface area contributed by atoms with E-state index in [2.05, 4.69) is 14.9 Å². The minimum Gasteiger partial charge on any atom is -0.356 e. The standard InChI is InChI=1S/C9H13N3/c1-7-6-9(11-8(2)10-7)12-4-3-5-12/h6H,3-5H2,1-2H3. The van der Waals surface area contributed by atoms with Crippen LogP contribution in [-0.2, 0) is 0 Å². The lowest BCUT2D eigenvalue weighted by Gasteiger charge is -2.32. The topological polar surface area (TPSA) is 29.0 Å². The molecule has 1 aliphatic heterocycles. The van der Waals surface area contributed by atoms with Gasteiger partial charge in [-0.15, -0.1) is 0 Å². The zero-order chi connectivity index (χ0) is 8.55. The number of anilines is 1. The third-order valence-electron chi connectivity index (χ3n) is 2.13. The predicted octanol–water partition coefficient (Wildman–Crippen LogP) is 1.30. The maximum atomic E-state index is 4.37. The zero-order valence-corrected chi connectivity index (χ0v) is 7.54. The zero-order valence-electron chi connectivity index (χ0n) is 7.54. The maximum Gasteiger partial charge on any atom is 0.132 e. The highest BCUT2D eigenvalue weighted by atomic mass is 15.2. The molecule has 1 aromatic heterocycles. The van der Waals surface area contributed by atoms with Crippen LogP contribution >= 0.6 is 0 Å². The van der Waals surface area contributed by atoms with Gasteiger partial charge in [0.05, 0.1) is 0 Å². The molecule has 1 saturated heterocycles. The van der Waals surface area contributed by atoms with Crippen molar-refractivity contribution in [3.63, 3.8) is 0 Å². The molecule has 2 heterocycles. The molecule has 0 radical (unpaired) electrons. The second kappa shape index (κ2) is 2.73. The molecule has 0 atom stereocenters. The highest BCUT2D eigenvalue weighted by Crippen LogP contribution is 2.18. The van der Waals surface area contributed by atoms with Gasteiger partial charge in [0.2, 0.25) is 0 Å². The van der Waals surface area contributed by atoms with E-state index in [0.29, 0.717) is 0 Å². The second-order valence-electron chi connectivity index (χ2n) is 3.26. The van der Waals surface area contributed by atoms with Crippen LogP contribution in [0.1, 0.15) is 17.9 Å². The van der Waals surface area contributed by atoms with Crippen molar-refractivity contribution < 1.29 is 0 Å². The van der Waals surface area contributed by atoms with Crippen LogP contribution in [0.5, 0.6) is 0 Å². The van der Waals surface area contributed by atoms with Crippen LogP contribution < -0.4 is 4.90 Å². The first-order valence-corrected chi connectivity index (χ1v) is 4.33. The molecule has 0 amide bonds. The third kappa shape index (κ3) is 1.26. The van der Waals surface area contributed by atoms with Crippen molar-refractivity contribution in [1.29, 1.82) is 0 Å². The molecule has 0 spiro atoms. The molecule has 0 aliphatic carbocycles. The minimum atomic E-state index is 0.872. The lowest BCUT2D eigenvalue weighted by atomic mass is 10.2. The van der Waals surface area contributed by atoms with E-state index >= 15 is 0 Å². The summed E-state index contributed by atoms with van der Waals surface area (Å²) in [6.45, 7) is 6.25. The number of rotatable bonds is 1. The molecule has 2 rings (SSSR count). The van der Waals surface area contributed by atoms with E-state index in [1.807, 2.05) is 19.9 Å². The monoisotopic (exact) mass is 163 g/mol. The molecule has 0 bridgehead atoms. The van der Waals surface area contributed by atoms with Crippen molar-refractivity contribution >= 4 is 5.82 Å². The lowest BCUT2D eigenvalue weighted by Crippen LogP contribution is -2.37. The van der Waals surface area contributed by atoms with Gasteiger partial charge in [-0.25, -0.2) is 9.97 Å². The van der Waals surface area contributed by atoms with E-state index in [0.717, 1.165) is 30.4 Å². The van der Waals surface area contributed by atoms with E-state index in [4.69, 9.17) is 0 Å². The SMILES string of the molecule is Cc1cc(N2CCC2)nc(C)n1. The molecule has 12 heavy (non-hydrogen) atoms. The fourth-order valence-corrected chi connectivity index (χ4v) is 1.40. The van der Waals surface area contributed by atoms with Gasteiger partial charge in [0.15, 0.2) is 0 Å². The Morgan fingerprint density at radius 3 is 2.50 bits per heavy atom. The summed E-state index contributed by atoms with van der Waals surface area (Å²) in [5, 5.41) is 0. The van der Waals surface area contributed by atoms with Gasteiger partial charge >= 0.3 is 0 Å². The van der Waals surface area contributed by atoms with Gasteiger partial charge in [-0.2, -0.15) is 0 Å². The smallest absolute Gasteiger partial charge is 0.132 e. The molecule has 1 aromatic rings. The molecule has 0 N–H and O–H groups in total. The first-order chi connectivity index (χ1) is 5.75. The molecule has 1 aliphatic rings. The molecule has 0 saturated carbocycles. The first kappa shape index (κ1) is 7.53. The van der Waals surface area contributed by atoms with Crippen LogP contribution in [-0.4, -0.2) is 23.1 Å². The Morgan fingerprint density at radius 2 is 2.00 bits per heavy atom. The van der Waals surface area contributed by atoms with Gasteiger partial charge in [-0.3, -0.25) is 0 Å². The maximum absolute atomic E-state index is 4.37. The molecule has 64 valence electrons. The van der Waals surface area contributed by atoms with E-state index in [-0.39, 0.29) is 0 Å². The summed E-state index contributed by atoms with van der Waals surface area (Å²) in [5.41, 5.74) is 1.06. The van der Waals surface area contributed by atoms with Crippen molar-refractivity contribution in [3.05, 3.63) is 17.6 Å². The highest BCUT2D eigenvalue weighted by Gasteiger charge is 2.15. The van der Waals surface area contributed by atoms with Crippen LogP contribution in [0.25, 0.3) is 0 Å². The van der Waals surface area contributed by atoms with Crippen LogP contribution in [0.4, 0.5) is 5.82 Å². The van der Waals surface area contributed by atoms with E-state index in [9.17, 15) is 0 Å². The van der Waals surface area contributed by atoms with Gasteiger partial charge in [0, 0.05) is 24.8 Å². The predicted molar refractivity (Wildman–Crippen MR) is 48.3 cm³/mol. The number of aromatic nitrogens is 2. The van der Waals surface area contributed by atoms with Crippen LogP contribution in [0.2, 0.25) is 0 Å². The fraction of sp³-hybridized carbons (Fsp3) is 0.556. The van der Waals surface area contributed by atoms with Crippen molar-refractivity contribution in [2.45, 2.75) is 20.3 Å². The second-order valence-corrected chi connectivity index (χ2v) is 3.26. The molecule has 3 heteroatoms. The molecular formula is C9H13N3. The summed E-state index contributed by atoms with van der Waals surface area (Å²) < 4.78 is 0. The summed E-state index contributed by atoms with van der Waals surface area (Å²) in [7, 11) is 0. The summed E-state index contributed by atoms with van der Waals surface area (Å²) >= 11 is 0. The highest BCUT2D eigenvalue weighted by molar-refractivity contribution is 5.41. The molecule has 0 unspecified atom stereocenters. The first-order valence-electron chi connectivity index (χ1n) is 4.33. The summed E-state index contributed by atoms with van der Waals surface area (Å²) in [5.74, 6) is 1.96. The van der Waals surface area contributed by atoms with Crippen molar-refractivity contribution in [1.82, 2.24) is 9.97 Å². The van der Waals surface area contributed by atoms with Gasteiger partial charge in [0.1, 0.15) is 11.6 Å². The Kier molecular flexibility index (Phi) is 1.71. The molecule has 3 nitrogen and oxygen atoms in total. The summed E-state index contributed by atoms with van der Waals surface area (Å²) in [6.07, 6.45) is 1.29. The number of hydrogen-bond donors (Lipinski definition) is 0. The number of hydrogen-bond acceptors (Lipinski definition) is 3. The number of aryl methyl sites for hydroxylation is 2. The van der Waals surface area contributed by atoms with Gasteiger partial charge < -0.3 is 4.90 Å². The Morgan fingerprint density at radius 1 is 1.25 bits per heavy atom. The fourth-order valence-electron chi connectivity index (χ4n) is 1.40. The van der Waals surface area contributed by atoms with Gasteiger partial charge in [0.25, 0.3) is 0 Å². The van der Waals surface area contributed by atoms with Crippen LogP contribution in [0, 0.1) is 13.8 Å². The molecular weight excluding hydrogens is 150 g/mol. The van der Waals surface area contributed by atoms with E-state index in [1.165, 1.54) is 6.42 Å². The van der Waals surface area contributed by atoms with Crippen LogP contribution in [0.15, 0.2) is 6.07 Å². The summed E-state index contributed by atoms with van der Waals surface area (Å²) in [6, 6.07) is 2.05. The Bertz CT molecular complexity index is 272. The third-order valence-corrected chi connectivity index (χ3v) is 2.13. The van der Waals surface area contributed by atoms with E-state index in [1.54, 1.807) is 0 Å². The summed E-state index contributed by atoms with van der Waals surface area (Å²) in [4.78, 5) is 10.9. The average molecular weight is 163 g/mol.